The Morgan fingerprint density at radius 3 is 2.17 bits per heavy atom. The number of piperidine rings is 1. The van der Waals surface area contributed by atoms with E-state index >= 15 is 0 Å². The Morgan fingerprint density at radius 1 is 1.11 bits per heavy atom. The van der Waals surface area contributed by atoms with Gasteiger partial charge in [0.2, 0.25) is 0 Å². The smallest absolute Gasteiger partial charge is 0.0319 e. The molecule has 1 atom stereocenters. The van der Waals surface area contributed by atoms with Crippen molar-refractivity contribution in [2.24, 2.45) is 16.9 Å². The number of rotatable bonds is 4. The van der Waals surface area contributed by atoms with Crippen molar-refractivity contribution in [3.63, 3.8) is 0 Å². The lowest BCUT2D eigenvalue weighted by Gasteiger charge is -2.42. The molecule has 1 unspecified atom stereocenters. The molecule has 0 aliphatic carbocycles. The largest absolute Gasteiger partial charge is 0.330 e. The lowest BCUT2D eigenvalue weighted by atomic mass is 9.78. The zero-order valence-electron chi connectivity index (χ0n) is 11.3. The van der Waals surface area contributed by atoms with Crippen LogP contribution in [-0.2, 0) is 0 Å². The minimum Gasteiger partial charge on any atom is -0.330 e. The van der Waals surface area contributed by atoms with E-state index < -0.39 is 0 Å². The van der Waals surface area contributed by atoms with Gasteiger partial charge in [0.1, 0.15) is 0 Å². The van der Waals surface area contributed by atoms with E-state index in [4.69, 9.17) is 11.5 Å². The van der Waals surface area contributed by atoms with Gasteiger partial charge in [0.15, 0.2) is 0 Å². The van der Waals surface area contributed by atoms with Crippen LogP contribution < -0.4 is 11.5 Å². The van der Waals surface area contributed by atoms with Gasteiger partial charge < -0.3 is 11.5 Å². The number of hydrogen-bond acceptors (Lipinski definition) is 3. The van der Waals surface area contributed by atoms with Crippen LogP contribution in [0.1, 0.15) is 31.4 Å². The van der Waals surface area contributed by atoms with Gasteiger partial charge in [0.25, 0.3) is 0 Å². The molecule has 2 rings (SSSR count). The minimum atomic E-state index is 0.187. The fourth-order valence-corrected chi connectivity index (χ4v) is 2.82. The van der Waals surface area contributed by atoms with Crippen LogP contribution in [0.25, 0.3) is 0 Å². The first kappa shape index (κ1) is 13.5. The molecular formula is C15H25N3. The van der Waals surface area contributed by atoms with Crippen molar-refractivity contribution in [2.45, 2.75) is 25.8 Å². The van der Waals surface area contributed by atoms with E-state index in [0.717, 1.165) is 39.0 Å². The van der Waals surface area contributed by atoms with Gasteiger partial charge in [0.05, 0.1) is 0 Å². The molecule has 1 heterocycles. The van der Waals surface area contributed by atoms with Crippen molar-refractivity contribution in [3.8, 4) is 0 Å². The molecule has 1 aliphatic rings. The SMILES string of the molecule is CC(c1ccccc1)N1CCC(CN)(CN)CC1. The summed E-state index contributed by atoms with van der Waals surface area (Å²) >= 11 is 0. The first-order valence-corrected chi connectivity index (χ1v) is 6.90. The quantitative estimate of drug-likeness (QED) is 0.852. The van der Waals surface area contributed by atoms with Crippen molar-refractivity contribution < 1.29 is 0 Å². The Morgan fingerprint density at radius 2 is 1.67 bits per heavy atom. The normalized spacial score (nSPS) is 21.7. The molecule has 1 fully saturated rings. The summed E-state index contributed by atoms with van der Waals surface area (Å²) in [6.45, 7) is 5.93. The third-order valence-electron chi connectivity index (χ3n) is 4.55. The van der Waals surface area contributed by atoms with Crippen LogP contribution >= 0.6 is 0 Å². The molecular weight excluding hydrogens is 222 g/mol. The van der Waals surface area contributed by atoms with Gasteiger partial charge in [-0.25, -0.2) is 0 Å². The molecule has 0 spiro atoms. The zero-order valence-corrected chi connectivity index (χ0v) is 11.3. The molecule has 0 saturated carbocycles. The third kappa shape index (κ3) is 2.74. The number of benzene rings is 1. The Labute approximate surface area is 110 Å². The number of likely N-dealkylation sites (tertiary alicyclic amines) is 1. The van der Waals surface area contributed by atoms with Crippen LogP contribution in [0, 0.1) is 5.41 Å². The zero-order chi connectivity index (χ0) is 13.0. The lowest BCUT2D eigenvalue weighted by molar-refractivity contribution is 0.0876. The molecule has 1 aromatic rings. The highest BCUT2D eigenvalue weighted by Crippen LogP contribution is 2.33. The first-order chi connectivity index (χ1) is 8.71. The first-order valence-electron chi connectivity index (χ1n) is 6.90. The van der Waals surface area contributed by atoms with E-state index in [0.29, 0.717) is 6.04 Å². The van der Waals surface area contributed by atoms with E-state index in [2.05, 4.69) is 42.2 Å². The Kier molecular flexibility index (Phi) is 4.38. The maximum Gasteiger partial charge on any atom is 0.0319 e. The van der Waals surface area contributed by atoms with Gasteiger partial charge >= 0.3 is 0 Å². The van der Waals surface area contributed by atoms with Gasteiger partial charge in [-0.3, -0.25) is 4.90 Å². The summed E-state index contributed by atoms with van der Waals surface area (Å²) in [4.78, 5) is 2.54. The highest BCUT2D eigenvalue weighted by molar-refractivity contribution is 5.18. The van der Waals surface area contributed by atoms with Gasteiger partial charge in [0, 0.05) is 6.04 Å². The average molecular weight is 247 g/mol. The van der Waals surface area contributed by atoms with Crippen molar-refractivity contribution in [1.82, 2.24) is 4.90 Å². The van der Waals surface area contributed by atoms with E-state index in [9.17, 15) is 0 Å². The molecule has 1 aliphatic heterocycles. The fraction of sp³-hybridized carbons (Fsp3) is 0.600. The lowest BCUT2D eigenvalue weighted by Crippen LogP contribution is -2.48. The minimum absolute atomic E-state index is 0.187. The maximum absolute atomic E-state index is 5.88. The molecule has 3 heteroatoms. The summed E-state index contributed by atoms with van der Waals surface area (Å²) in [5.74, 6) is 0. The highest BCUT2D eigenvalue weighted by Gasteiger charge is 2.33. The summed E-state index contributed by atoms with van der Waals surface area (Å²) in [5.41, 5.74) is 13.3. The molecule has 4 N–H and O–H groups in total. The second kappa shape index (κ2) is 5.83. The average Bonchev–Trinajstić information content (AvgIpc) is 2.47. The standard InChI is InChI=1S/C15H25N3/c1-13(14-5-3-2-4-6-14)18-9-7-15(11-16,12-17)8-10-18/h2-6,13H,7-12,16-17H2,1H3. The molecule has 1 aromatic carbocycles. The van der Waals surface area contributed by atoms with E-state index in [1.807, 2.05) is 0 Å². The Bertz CT molecular complexity index is 349. The predicted octanol–water partition coefficient (Wildman–Crippen LogP) is 1.75. The summed E-state index contributed by atoms with van der Waals surface area (Å²) < 4.78 is 0. The highest BCUT2D eigenvalue weighted by atomic mass is 15.2. The van der Waals surface area contributed by atoms with Crippen molar-refractivity contribution in [1.29, 1.82) is 0 Å². The van der Waals surface area contributed by atoms with Crippen LogP contribution in [0.4, 0.5) is 0 Å². The Hall–Kier alpha value is -0.900. The second-order valence-corrected chi connectivity index (χ2v) is 5.53. The number of nitrogens with zero attached hydrogens (tertiary/aromatic N) is 1. The van der Waals surface area contributed by atoms with Gasteiger partial charge in [-0.2, -0.15) is 0 Å². The molecule has 0 aromatic heterocycles. The van der Waals surface area contributed by atoms with Crippen LogP contribution in [0.3, 0.4) is 0 Å². The maximum atomic E-state index is 5.88. The van der Waals surface area contributed by atoms with Crippen molar-refractivity contribution in [2.75, 3.05) is 26.2 Å². The summed E-state index contributed by atoms with van der Waals surface area (Å²) in [7, 11) is 0. The number of hydrogen-bond donors (Lipinski definition) is 2. The van der Waals surface area contributed by atoms with Crippen LogP contribution in [0.5, 0.6) is 0 Å². The molecule has 0 radical (unpaired) electrons. The molecule has 1 saturated heterocycles. The van der Waals surface area contributed by atoms with Gasteiger partial charge in [-0.15, -0.1) is 0 Å². The van der Waals surface area contributed by atoms with E-state index in [1.165, 1.54) is 5.56 Å². The molecule has 18 heavy (non-hydrogen) atoms. The molecule has 100 valence electrons. The van der Waals surface area contributed by atoms with Gasteiger partial charge in [-0.1, -0.05) is 30.3 Å². The van der Waals surface area contributed by atoms with Crippen LogP contribution in [0.2, 0.25) is 0 Å². The van der Waals surface area contributed by atoms with Crippen molar-refractivity contribution >= 4 is 0 Å². The third-order valence-corrected chi connectivity index (χ3v) is 4.55. The van der Waals surface area contributed by atoms with Crippen LogP contribution in [0.15, 0.2) is 30.3 Å². The fourth-order valence-electron chi connectivity index (χ4n) is 2.82. The topological polar surface area (TPSA) is 55.3 Å². The summed E-state index contributed by atoms with van der Waals surface area (Å²) in [6, 6.07) is 11.2. The predicted molar refractivity (Wildman–Crippen MR) is 76.2 cm³/mol. The van der Waals surface area contributed by atoms with Crippen molar-refractivity contribution in [3.05, 3.63) is 35.9 Å². The Balaban J connectivity index is 1.98. The molecule has 3 nitrogen and oxygen atoms in total. The van der Waals surface area contributed by atoms with Gasteiger partial charge in [-0.05, 0) is 56.9 Å². The van der Waals surface area contributed by atoms with E-state index in [1.54, 1.807) is 0 Å². The van der Waals surface area contributed by atoms with E-state index in [-0.39, 0.29) is 5.41 Å². The summed E-state index contributed by atoms with van der Waals surface area (Å²) in [5, 5.41) is 0. The second-order valence-electron chi connectivity index (χ2n) is 5.53. The molecule has 0 amide bonds. The summed E-state index contributed by atoms with van der Waals surface area (Å²) in [6.07, 6.45) is 2.24. The molecule has 0 bridgehead atoms. The monoisotopic (exact) mass is 247 g/mol. The van der Waals surface area contributed by atoms with Crippen LogP contribution in [-0.4, -0.2) is 31.1 Å². The number of nitrogens with two attached hydrogens (primary N) is 2.